The van der Waals surface area contributed by atoms with E-state index in [2.05, 4.69) is 29.1 Å². The largest absolute Gasteiger partial charge is 0.330 e. The molecule has 1 aliphatic heterocycles. The van der Waals surface area contributed by atoms with Crippen molar-refractivity contribution in [2.24, 2.45) is 0 Å². The highest BCUT2D eigenvalue weighted by atomic mass is 35.5. The van der Waals surface area contributed by atoms with Gasteiger partial charge in [0.25, 0.3) is 5.91 Å². The van der Waals surface area contributed by atoms with Gasteiger partial charge in [-0.2, -0.15) is 5.10 Å². The van der Waals surface area contributed by atoms with Crippen molar-refractivity contribution in [3.8, 4) is 0 Å². The molecule has 8 heteroatoms. The second-order valence-corrected chi connectivity index (χ2v) is 8.41. The molecule has 4 heterocycles. The third-order valence-corrected chi connectivity index (χ3v) is 6.22. The molecule has 0 spiro atoms. The van der Waals surface area contributed by atoms with Crippen LogP contribution in [-0.2, 0) is 6.42 Å². The van der Waals surface area contributed by atoms with E-state index in [1.807, 2.05) is 11.8 Å². The van der Waals surface area contributed by atoms with E-state index in [1.165, 1.54) is 10.3 Å². The molecular weight excluding hydrogens is 382 g/mol. The molecule has 1 aromatic carbocycles. The van der Waals surface area contributed by atoms with Crippen molar-refractivity contribution < 1.29 is 4.79 Å². The summed E-state index contributed by atoms with van der Waals surface area (Å²) in [6.07, 6.45) is 3.99. The third-order valence-electron chi connectivity index (χ3n) is 5.09. The summed E-state index contributed by atoms with van der Waals surface area (Å²) >= 11 is 7.67. The smallest absolute Gasteiger partial charge is 0.274 e. The first-order chi connectivity index (χ1) is 13.0. The van der Waals surface area contributed by atoms with E-state index in [4.69, 9.17) is 16.6 Å². The number of thiazole rings is 1. The number of aryl methyl sites for hydroxylation is 1. The van der Waals surface area contributed by atoms with Crippen LogP contribution in [-0.4, -0.2) is 36.9 Å². The van der Waals surface area contributed by atoms with E-state index < -0.39 is 0 Å². The van der Waals surface area contributed by atoms with Gasteiger partial charge in [0, 0.05) is 18.8 Å². The zero-order chi connectivity index (χ0) is 18.7. The lowest BCUT2D eigenvalue weighted by Gasteiger charge is -2.35. The molecule has 0 radical (unpaired) electrons. The Labute approximate surface area is 164 Å². The lowest BCUT2D eigenvalue weighted by molar-refractivity contribution is 0.0671. The number of carbonyl (C=O) groups excluding carboxylic acids is 1. The van der Waals surface area contributed by atoms with Gasteiger partial charge in [-0.15, -0.1) is 11.3 Å². The summed E-state index contributed by atoms with van der Waals surface area (Å²) in [5.41, 5.74) is 4.49. The third kappa shape index (κ3) is 2.61. The number of halogens is 1. The van der Waals surface area contributed by atoms with Crippen LogP contribution in [0.3, 0.4) is 0 Å². The first-order valence-corrected chi connectivity index (χ1v) is 9.91. The van der Waals surface area contributed by atoms with Crippen molar-refractivity contribution in [3.63, 3.8) is 0 Å². The molecule has 1 unspecified atom stereocenters. The van der Waals surface area contributed by atoms with Crippen LogP contribution < -0.4 is 0 Å². The quantitative estimate of drug-likeness (QED) is 0.486. The Morgan fingerprint density at radius 2 is 2.22 bits per heavy atom. The average molecular weight is 398 g/mol. The molecule has 4 aromatic rings. The summed E-state index contributed by atoms with van der Waals surface area (Å²) in [6, 6.07) is 5.91. The summed E-state index contributed by atoms with van der Waals surface area (Å²) in [7, 11) is 0. The van der Waals surface area contributed by atoms with Crippen LogP contribution in [0.5, 0.6) is 0 Å². The Morgan fingerprint density at radius 1 is 1.37 bits per heavy atom. The van der Waals surface area contributed by atoms with Crippen molar-refractivity contribution in [1.29, 1.82) is 0 Å². The fraction of sp³-hybridized carbons (Fsp3) is 0.263. The van der Waals surface area contributed by atoms with Crippen LogP contribution in [0.4, 0.5) is 0 Å². The van der Waals surface area contributed by atoms with Crippen molar-refractivity contribution in [2.45, 2.75) is 26.3 Å². The molecule has 1 amide bonds. The van der Waals surface area contributed by atoms with Crippen molar-refractivity contribution >= 4 is 44.7 Å². The molecule has 3 aromatic heterocycles. The molecule has 5 rings (SSSR count). The van der Waals surface area contributed by atoms with E-state index >= 15 is 0 Å². The van der Waals surface area contributed by atoms with E-state index in [-0.39, 0.29) is 11.9 Å². The Bertz CT molecular complexity index is 1210. The van der Waals surface area contributed by atoms with Gasteiger partial charge in [0.15, 0.2) is 11.3 Å². The number of amides is 1. The van der Waals surface area contributed by atoms with Crippen LogP contribution in [0.25, 0.3) is 15.9 Å². The highest BCUT2D eigenvalue weighted by Gasteiger charge is 2.31. The first kappa shape index (κ1) is 16.6. The Morgan fingerprint density at radius 3 is 3.07 bits per heavy atom. The van der Waals surface area contributed by atoms with Crippen LogP contribution in [0, 0.1) is 6.92 Å². The summed E-state index contributed by atoms with van der Waals surface area (Å²) in [5.74, 6) is -0.0932. The fourth-order valence-electron chi connectivity index (χ4n) is 3.81. The number of benzene rings is 1. The van der Waals surface area contributed by atoms with Crippen LogP contribution in [0.2, 0.25) is 5.02 Å². The van der Waals surface area contributed by atoms with E-state index in [9.17, 15) is 4.79 Å². The van der Waals surface area contributed by atoms with Crippen LogP contribution in [0.15, 0.2) is 30.6 Å². The molecule has 0 saturated heterocycles. The molecule has 0 saturated carbocycles. The summed E-state index contributed by atoms with van der Waals surface area (Å²) < 4.78 is 2.75. The highest BCUT2D eigenvalue weighted by molar-refractivity contribution is 7.18. The maximum atomic E-state index is 13.1. The van der Waals surface area contributed by atoms with Gasteiger partial charge in [-0.1, -0.05) is 17.7 Å². The summed E-state index contributed by atoms with van der Waals surface area (Å²) in [4.78, 5) is 23.9. The van der Waals surface area contributed by atoms with Crippen molar-refractivity contribution in [2.75, 3.05) is 6.54 Å². The zero-order valence-electron chi connectivity index (χ0n) is 14.8. The number of fused-ring (bicyclic) bond motifs is 4. The number of hydrogen-bond donors (Lipinski definition) is 0. The second-order valence-electron chi connectivity index (χ2n) is 6.74. The molecule has 0 N–H and O–H groups in total. The Balaban J connectivity index is 1.52. The number of hydrogen-bond acceptors (Lipinski definition) is 5. The number of rotatable bonds is 1. The van der Waals surface area contributed by atoms with E-state index in [0.717, 1.165) is 22.5 Å². The number of carbonyl (C=O) groups is 1. The van der Waals surface area contributed by atoms with Gasteiger partial charge < -0.3 is 4.90 Å². The first-order valence-electron chi connectivity index (χ1n) is 8.72. The summed E-state index contributed by atoms with van der Waals surface area (Å²) in [6.45, 7) is 4.74. The lowest BCUT2D eigenvalue weighted by atomic mass is 9.92. The molecule has 0 fully saturated rings. The van der Waals surface area contributed by atoms with Crippen molar-refractivity contribution in [3.05, 3.63) is 57.4 Å². The van der Waals surface area contributed by atoms with E-state index in [0.29, 0.717) is 22.9 Å². The molecule has 1 aliphatic rings. The van der Waals surface area contributed by atoms with E-state index in [1.54, 1.807) is 34.3 Å². The fourth-order valence-corrected chi connectivity index (χ4v) is 4.80. The predicted octanol–water partition coefficient (Wildman–Crippen LogP) is 4.06. The van der Waals surface area contributed by atoms with Crippen molar-refractivity contribution in [1.82, 2.24) is 24.5 Å². The molecule has 1 atom stereocenters. The lowest BCUT2D eigenvalue weighted by Crippen LogP contribution is -2.39. The Hall–Kier alpha value is -2.51. The predicted molar refractivity (Wildman–Crippen MR) is 106 cm³/mol. The van der Waals surface area contributed by atoms with Gasteiger partial charge in [-0.3, -0.25) is 4.79 Å². The minimum Gasteiger partial charge on any atom is -0.330 e. The minimum absolute atomic E-state index is 0.0333. The topological polar surface area (TPSA) is 63.4 Å². The summed E-state index contributed by atoms with van der Waals surface area (Å²) in [5, 5.41) is 5.91. The molecule has 0 bridgehead atoms. The molecule has 6 nitrogen and oxygen atoms in total. The maximum Gasteiger partial charge on any atom is 0.274 e. The standard InChI is InChI=1S/C19H16ClN5OS/c1-10-13-3-4-16-18(22-11(2)27-16)14(13)5-6-24(10)19(26)15-7-17-21-8-12(20)9-25(17)23-15/h3-4,7-10H,5-6H2,1-2H3. The van der Waals surface area contributed by atoms with Gasteiger partial charge in [0.1, 0.15) is 0 Å². The van der Waals surface area contributed by atoms with Gasteiger partial charge in [0.05, 0.1) is 32.5 Å². The average Bonchev–Trinajstić information content (AvgIpc) is 3.23. The number of aromatic nitrogens is 4. The van der Waals surface area contributed by atoms with Crippen LogP contribution in [0.1, 0.15) is 39.6 Å². The normalized spacial score (nSPS) is 16.9. The van der Waals surface area contributed by atoms with Gasteiger partial charge in [-0.05, 0) is 37.5 Å². The molecule has 0 aliphatic carbocycles. The second kappa shape index (κ2) is 6.00. The maximum absolute atomic E-state index is 13.1. The minimum atomic E-state index is -0.0932. The zero-order valence-corrected chi connectivity index (χ0v) is 16.4. The highest BCUT2D eigenvalue weighted by Crippen LogP contribution is 2.36. The molecule has 136 valence electrons. The van der Waals surface area contributed by atoms with Gasteiger partial charge >= 0.3 is 0 Å². The molecular formula is C19H16ClN5OS. The van der Waals surface area contributed by atoms with Gasteiger partial charge in [-0.25, -0.2) is 14.5 Å². The SMILES string of the molecule is Cc1nc2c3c(ccc2s1)C(C)N(C(=O)c1cc2ncc(Cl)cn2n1)CC3. The Kier molecular flexibility index (Phi) is 3.70. The molecule has 27 heavy (non-hydrogen) atoms. The monoisotopic (exact) mass is 397 g/mol. The van der Waals surface area contributed by atoms with Gasteiger partial charge in [0.2, 0.25) is 0 Å². The number of nitrogens with zero attached hydrogens (tertiary/aromatic N) is 5. The van der Waals surface area contributed by atoms with Crippen LogP contribution >= 0.6 is 22.9 Å².